The van der Waals surface area contributed by atoms with E-state index in [1.807, 2.05) is 0 Å². The number of esters is 1. The van der Waals surface area contributed by atoms with Crippen molar-refractivity contribution in [1.29, 1.82) is 0 Å². The fourth-order valence-corrected chi connectivity index (χ4v) is 2.40. The molecular weight excluding hydrogens is 346 g/mol. The third-order valence-electron chi connectivity index (χ3n) is 3.55. The maximum absolute atomic E-state index is 13.6. The number of hydrogen-bond acceptors (Lipinski definition) is 4. The minimum absolute atomic E-state index is 0.109. The predicted octanol–water partition coefficient (Wildman–Crippen LogP) is 1.84. The lowest BCUT2D eigenvalue weighted by Gasteiger charge is -2.11. The van der Waals surface area contributed by atoms with Gasteiger partial charge >= 0.3 is 5.97 Å². The molecule has 0 aliphatic heterocycles. The first-order valence-electron chi connectivity index (χ1n) is 7.52. The van der Waals surface area contributed by atoms with Crippen LogP contribution in [0, 0.1) is 11.6 Å². The molecule has 0 radical (unpaired) electrons. The van der Waals surface area contributed by atoms with Crippen LogP contribution in [-0.2, 0) is 9.53 Å². The summed E-state index contributed by atoms with van der Waals surface area (Å²) in [4.78, 5) is 23.6. The normalized spacial score (nSPS) is 10.6. The van der Waals surface area contributed by atoms with E-state index in [0.29, 0.717) is 0 Å². The number of amides is 1. The Labute approximate surface area is 146 Å². The van der Waals surface area contributed by atoms with Gasteiger partial charge in [-0.05, 0) is 24.3 Å². The molecular formula is C17H14F2N4O3. The third kappa shape index (κ3) is 3.46. The van der Waals surface area contributed by atoms with Gasteiger partial charge in [0.1, 0.15) is 23.7 Å². The maximum atomic E-state index is 13.6. The summed E-state index contributed by atoms with van der Waals surface area (Å²) in [6, 6.07) is 6.38. The number of rotatable bonds is 5. The minimum Gasteiger partial charge on any atom is -0.468 e. The van der Waals surface area contributed by atoms with Crippen LogP contribution in [0.2, 0.25) is 0 Å². The average Bonchev–Trinajstić information content (AvgIpc) is 3.27. The molecule has 2 aromatic heterocycles. The van der Waals surface area contributed by atoms with Gasteiger partial charge in [-0.1, -0.05) is 0 Å². The second-order valence-electron chi connectivity index (χ2n) is 5.27. The molecule has 1 aromatic carbocycles. The zero-order valence-electron chi connectivity index (χ0n) is 13.6. The van der Waals surface area contributed by atoms with Crippen molar-refractivity contribution in [2.75, 3.05) is 13.7 Å². The van der Waals surface area contributed by atoms with Crippen LogP contribution in [-0.4, -0.2) is 39.9 Å². The van der Waals surface area contributed by atoms with Gasteiger partial charge in [0.15, 0.2) is 5.82 Å². The van der Waals surface area contributed by atoms with Crippen molar-refractivity contribution in [2.45, 2.75) is 0 Å². The lowest BCUT2D eigenvalue weighted by molar-refractivity contribution is -0.139. The highest BCUT2D eigenvalue weighted by Crippen LogP contribution is 2.21. The van der Waals surface area contributed by atoms with Crippen molar-refractivity contribution in [3.8, 4) is 11.5 Å². The number of aromatic nitrogens is 3. The molecule has 0 spiro atoms. The largest absolute Gasteiger partial charge is 0.468 e. The fourth-order valence-electron chi connectivity index (χ4n) is 2.40. The summed E-state index contributed by atoms with van der Waals surface area (Å²) in [5.41, 5.74) is 0.230. The first-order valence-corrected chi connectivity index (χ1v) is 7.52. The van der Waals surface area contributed by atoms with E-state index in [1.54, 1.807) is 29.1 Å². The van der Waals surface area contributed by atoms with Crippen LogP contribution in [0.25, 0.3) is 11.5 Å². The van der Waals surface area contributed by atoms with Crippen LogP contribution < -0.4 is 5.32 Å². The molecule has 9 heteroatoms. The molecule has 0 bridgehead atoms. The predicted molar refractivity (Wildman–Crippen MR) is 87.2 cm³/mol. The Balaban J connectivity index is 2.05. The summed E-state index contributed by atoms with van der Waals surface area (Å²) in [5.74, 6) is -2.47. The number of methoxy groups -OCH3 is 1. The summed E-state index contributed by atoms with van der Waals surface area (Å²) in [7, 11) is 1.20. The van der Waals surface area contributed by atoms with Crippen LogP contribution in [0.3, 0.4) is 0 Å². The Morgan fingerprint density at radius 3 is 2.42 bits per heavy atom. The summed E-state index contributed by atoms with van der Waals surface area (Å²) >= 11 is 0. The molecule has 1 amide bonds. The first-order chi connectivity index (χ1) is 12.5. The van der Waals surface area contributed by atoms with Crippen molar-refractivity contribution < 1.29 is 23.1 Å². The summed E-state index contributed by atoms with van der Waals surface area (Å²) in [5, 5.41) is 6.49. The van der Waals surface area contributed by atoms with E-state index in [-0.39, 0.29) is 23.6 Å². The highest BCUT2D eigenvalue weighted by molar-refractivity contribution is 5.98. The highest BCUT2D eigenvalue weighted by Gasteiger charge is 2.21. The molecule has 3 aromatic rings. The second kappa shape index (κ2) is 7.18. The molecule has 0 atom stereocenters. The topological polar surface area (TPSA) is 78.2 Å². The van der Waals surface area contributed by atoms with E-state index in [4.69, 9.17) is 0 Å². The van der Waals surface area contributed by atoms with Gasteiger partial charge in [-0.3, -0.25) is 9.59 Å². The Kier molecular flexibility index (Phi) is 4.78. The molecule has 0 aliphatic rings. The lowest BCUT2D eigenvalue weighted by Crippen LogP contribution is -2.30. The highest BCUT2D eigenvalue weighted by atomic mass is 19.1. The molecule has 26 heavy (non-hydrogen) atoms. The molecule has 0 saturated heterocycles. The number of nitrogens with zero attached hydrogens (tertiary/aromatic N) is 3. The maximum Gasteiger partial charge on any atom is 0.325 e. The van der Waals surface area contributed by atoms with E-state index < -0.39 is 23.5 Å². The van der Waals surface area contributed by atoms with Crippen LogP contribution in [0.4, 0.5) is 8.78 Å². The molecule has 0 saturated carbocycles. The number of carbonyl (C=O) groups is 2. The number of carbonyl (C=O) groups excluding carboxylic acids is 2. The quantitative estimate of drug-likeness (QED) is 0.705. The van der Waals surface area contributed by atoms with Crippen LogP contribution in [0.1, 0.15) is 10.4 Å². The van der Waals surface area contributed by atoms with Crippen LogP contribution in [0.5, 0.6) is 0 Å². The van der Waals surface area contributed by atoms with Gasteiger partial charge < -0.3 is 14.6 Å². The summed E-state index contributed by atoms with van der Waals surface area (Å²) in [6.45, 7) is -0.319. The summed E-state index contributed by atoms with van der Waals surface area (Å²) < 4.78 is 34.5. The van der Waals surface area contributed by atoms with Gasteiger partial charge in [0, 0.05) is 18.5 Å². The minimum atomic E-state index is -0.773. The van der Waals surface area contributed by atoms with Crippen molar-refractivity contribution in [1.82, 2.24) is 19.7 Å². The first kappa shape index (κ1) is 17.3. The van der Waals surface area contributed by atoms with Gasteiger partial charge in [0.2, 0.25) is 0 Å². The monoisotopic (exact) mass is 360 g/mol. The smallest absolute Gasteiger partial charge is 0.325 e. The molecule has 1 N–H and O–H groups in total. The van der Waals surface area contributed by atoms with E-state index in [1.165, 1.54) is 18.0 Å². The van der Waals surface area contributed by atoms with Gasteiger partial charge in [-0.15, -0.1) is 0 Å². The Hall–Kier alpha value is -3.49. The van der Waals surface area contributed by atoms with Crippen molar-refractivity contribution in [3.63, 3.8) is 0 Å². The van der Waals surface area contributed by atoms with Crippen molar-refractivity contribution >= 4 is 11.9 Å². The fraction of sp³-hybridized carbons (Fsp3) is 0.118. The standard InChI is InChI=1S/C17H14F2N4O3/c1-26-15(24)10-20-16(25)14-9-21-23(17(14)22-4-2-3-5-22)13-7-11(18)6-12(19)8-13/h2-9H,10H2,1H3,(H,20,25). The molecule has 0 aliphatic carbocycles. The summed E-state index contributed by atoms with van der Waals surface area (Å²) in [6.07, 6.45) is 4.56. The molecule has 2 heterocycles. The number of ether oxygens (including phenoxy) is 1. The molecule has 0 fully saturated rings. The number of hydrogen-bond donors (Lipinski definition) is 1. The lowest BCUT2D eigenvalue weighted by atomic mass is 10.2. The SMILES string of the molecule is COC(=O)CNC(=O)c1cnn(-c2cc(F)cc(F)c2)c1-n1cccc1. The zero-order chi connectivity index (χ0) is 18.7. The number of halogens is 2. The number of benzene rings is 1. The number of nitrogens with one attached hydrogen (secondary N) is 1. The zero-order valence-corrected chi connectivity index (χ0v) is 13.6. The van der Waals surface area contributed by atoms with E-state index in [0.717, 1.165) is 18.2 Å². The second-order valence-corrected chi connectivity index (χ2v) is 5.27. The van der Waals surface area contributed by atoms with E-state index in [2.05, 4.69) is 15.2 Å². The van der Waals surface area contributed by atoms with Crippen LogP contribution >= 0.6 is 0 Å². The van der Waals surface area contributed by atoms with Gasteiger partial charge in [0.05, 0.1) is 19.0 Å². The average molecular weight is 360 g/mol. The molecule has 7 nitrogen and oxygen atoms in total. The van der Waals surface area contributed by atoms with E-state index in [9.17, 15) is 18.4 Å². The molecule has 3 rings (SSSR count). The van der Waals surface area contributed by atoms with Gasteiger partial charge in [-0.2, -0.15) is 5.10 Å². The van der Waals surface area contributed by atoms with Crippen molar-refractivity contribution in [3.05, 3.63) is 66.1 Å². The Bertz CT molecular complexity index is 931. The molecule has 0 unspecified atom stereocenters. The molecule has 134 valence electrons. The Morgan fingerprint density at radius 2 is 1.81 bits per heavy atom. The van der Waals surface area contributed by atoms with Crippen molar-refractivity contribution in [2.24, 2.45) is 0 Å². The Morgan fingerprint density at radius 1 is 1.15 bits per heavy atom. The van der Waals surface area contributed by atoms with Gasteiger partial charge in [0.25, 0.3) is 5.91 Å². The van der Waals surface area contributed by atoms with Gasteiger partial charge in [-0.25, -0.2) is 13.5 Å². The third-order valence-corrected chi connectivity index (χ3v) is 3.55. The van der Waals surface area contributed by atoms with Crippen LogP contribution in [0.15, 0.2) is 48.9 Å². The van der Waals surface area contributed by atoms with E-state index >= 15 is 0 Å².